The van der Waals surface area contributed by atoms with Crippen LogP contribution in [0.25, 0.3) is 0 Å². The molecule has 1 saturated heterocycles. The highest BCUT2D eigenvalue weighted by Gasteiger charge is 2.25. The molecule has 1 aliphatic carbocycles. The molecule has 0 bridgehead atoms. The summed E-state index contributed by atoms with van der Waals surface area (Å²) in [6, 6.07) is 0.681. The van der Waals surface area contributed by atoms with Gasteiger partial charge in [-0.3, -0.25) is 9.69 Å². The summed E-state index contributed by atoms with van der Waals surface area (Å²) in [6.45, 7) is 9.71. The number of rotatable bonds is 7. The first-order chi connectivity index (χ1) is 9.22. The van der Waals surface area contributed by atoms with Crippen LogP contribution in [0.4, 0.5) is 0 Å². The predicted octanol–water partition coefficient (Wildman–Crippen LogP) is 1.32. The number of nitrogens with zero attached hydrogens (tertiary/aromatic N) is 2. The Bertz CT molecular complexity index is 279. The minimum absolute atomic E-state index is 0.286. The molecule has 110 valence electrons. The van der Waals surface area contributed by atoms with Crippen molar-refractivity contribution in [2.24, 2.45) is 5.92 Å². The minimum atomic E-state index is 0.286. The van der Waals surface area contributed by atoms with Gasteiger partial charge in [0.1, 0.15) is 0 Å². The second kappa shape index (κ2) is 7.25. The van der Waals surface area contributed by atoms with Crippen LogP contribution in [0.5, 0.6) is 0 Å². The molecule has 1 aliphatic heterocycles. The fraction of sp³-hybridized carbons (Fsp3) is 0.933. The first kappa shape index (κ1) is 14.8. The molecule has 0 aromatic carbocycles. The summed E-state index contributed by atoms with van der Waals surface area (Å²) in [5, 5.41) is 3.68. The van der Waals surface area contributed by atoms with E-state index in [9.17, 15) is 4.79 Å². The number of hydrogen-bond acceptors (Lipinski definition) is 3. The molecule has 0 unspecified atom stereocenters. The van der Waals surface area contributed by atoms with E-state index in [-0.39, 0.29) is 5.91 Å². The Balaban J connectivity index is 1.63. The zero-order valence-electron chi connectivity index (χ0n) is 12.5. The molecule has 4 heteroatoms. The van der Waals surface area contributed by atoms with Crippen molar-refractivity contribution in [3.63, 3.8) is 0 Å². The number of likely N-dealkylation sites (N-methyl/N-ethyl adjacent to an activating group) is 1. The average molecular weight is 267 g/mol. The summed E-state index contributed by atoms with van der Waals surface area (Å²) in [4.78, 5) is 16.3. The van der Waals surface area contributed by atoms with Gasteiger partial charge in [0.05, 0.1) is 6.54 Å². The third-order valence-electron chi connectivity index (χ3n) is 4.45. The van der Waals surface area contributed by atoms with Crippen LogP contribution in [0.3, 0.4) is 0 Å². The van der Waals surface area contributed by atoms with Crippen LogP contribution >= 0.6 is 0 Å². The smallest absolute Gasteiger partial charge is 0.236 e. The highest BCUT2D eigenvalue weighted by Crippen LogP contribution is 2.28. The van der Waals surface area contributed by atoms with E-state index in [1.54, 1.807) is 0 Å². The van der Waals surface area contributed by atoms with Gasteiger partial charge in [0.15, 0.2) is 0 Å². The first-order valence-electron chi connectivity index (χ1n) is 7.96. The zero-order chi connectivity index (χ0) is 13.7. The maximum Gasteiger partial charge on any atom is 0.236 e. The topological polar surface area (TPSA) is 35.6 Å². The fourth-order valence-electron chi connectivity index (χ4n) is 2.82. The van der Waals surface area contributed by atoms with E-state index in [1.165, 1.54) is 32.2 Å². The molecule has 0 aromatic rings. The molecule has 0 radical (unpaired) electrons. The molecule has 0 atom stereocenters. The van der Waals surface area contributed by atoms with Gasteiger partial charge in [-0.05, 0) is 52.0 Å². The van der Waals surface area contributed by atoms with Gasteiger partial charge in [-0.15, -0.1) is 0 Å². The summed E-state index contributed by atoms with van der Waals surface area (Å²) in [5.74, 6) is 1.25. The Morgan fingerprint density at radius 1 is 1.16 bits per heavy atom. The fourth-order valence-corrected chi connectivity index (χ4v) is 2.82. The maximum atomic E-state index is 12.0. The second-order valence-corrected chi connectivity index (χ2v) is 5.97. The van der Waals surface area contributed by atoms with Crippen molar-refractivity contribution >= 4 is 5.91 Å². The molecule has 0 aromatic heterocycles. The molecule has 1 heterocycles. The molecule has 2 rings (SSSR count). The van der Waals surface area contributed by atoms with Crippen molar-refractivity contribution < 1.29 is 4.79 Å². The lowest BCUT2D eigenvalue weighted by Crippen LogP contribution is -2.47. The zero-order valence-corrected chi connectivity index (χ0v) is 12.5. The quantitative estimate of drug-likeness (QED) is 0.755. The highest BCUT2D eigenvalue weighted by atomic mass is 16.2. The van der Waals surface area contributed by atoms with E-state index in [4.69, 9.17) is 0 Å². The SMILES string of the molecule is CCN(CC)C(=O)CN1CCC(NCC2CC2)CC1. The van der Waals surface area contributed by atoms with Gasteiger partial charge < -0.3 is 10.2 Å². The van der Waals surface area contributed by atoms with Crippen LogP contribution in [0.2, 0.25) is 0 Å². The molecule has 4 nitrogen and oxygen atoms in total. The standard InChI is InChI=1S/C15H29N3O/c1-3-18(4-2)15(19)12-17-9-7-14(8-10-17)16-11-13-5-6-13/h13-14,16H,3-12H2,1-2H3. The van der Waals surface area contributed by atoms with Gasteiger partial charge in [-0.2, -0.15) is 0 Å². The number of carbonyl (C=O) groups is 1. The van der Waals surface area contributed by atoms with Gasteiger partial charge >= 0.3 is 0 Å². The lowest BCUT2D eigenvalue weighted by molar-refractivity contribution is -0.132. The third kappa shape index (κ3) is 4.77. The van der Waals surface area contributed by atoms with Crippen LogP contribution in [-0.2, 0) is 4.79 Å². The van der Waals surface area contributed by atoms with Gasteiger partial charge in [0, 0.05) is 32.2 Å². The van der Waals surface area contributed by atoms with Crippen LogP contribution in [0.15, 0.2) is 0 Å². The van der Waals surface area contributed by atoms with E-state index in [1.807, 2.05) is 4.90 Å². The number of piperidine rings is 1. The molecule has 1 amide bonds. The van der Waals surface area contributed by atoms with Gasteiger partial charge in [0.2, 0.25) is 5.91 Å². The van der Waals surface area contributed by atoms with E-state index >= 15 is 0 Å². The summed E-state index contributed by atoms with van der Waals surface area (Å²) < 4.78 is 0. The summed E-state index contributed by atoms with van der Waals surface area (Å²) in [6.07, 6.45) is 5.23. The predicted molar refractivity (Wildman–Crippen MR) is 78.1 cm³/mol. The van der Waals surface area contributed by atoms with Gasteiger partial charge in [-0.1, -0.05) is 0 Å². The maximum absolute atomic E-state index is 12.0. The molecule has 19 heavy (non-hydrogen) atoms. The summed E-state index contributed by atoms with van der Waals surface area (Å²) in [5.41, 5.74) is 0. The van der Waals surface area contributed by atoms with Crippen molar-refractivity contribution in [2.45, 2.75) is 45.6 Å². The number of amides is 1. The average Bonchev–Trinajstić information content (AvgIpc) is 3.23. The number of hydrogen-bond donors (Lipinski definition) is 1. The van der Waals surface area contributed by atoms with Crippen molar-refractivity contribution in [3.8, 4) is 0 Å². The van der Waals surface area contributed by atoms with E-state index < -0.39 is 0 Å². The molecule has 2 aliphatic rings. The summed E-state index contributed by atoms with van der Waals surface area (Å²) >= 11 is 0. The molecule has 2 fully saturated rings. The first-order valence-corrected chi connectivity index (χ1v) is 7.96. The Morgan fingerprint density at radius 3 is 2.32 bits per heavy atom. The van der Waals surface area contributed by atoms with Crippen LogP contribution < -0.4 is 5.32 Å². The third-order valence-corrected chi connectivity index (χ3v) is 4.45. The minimum Gasteiger partial charge on any atom is -0.342 e. The van der Waals surface area contributed by atoms with Crippen molar-refractivity contribution in [1.29, 1.82) is 0 Å². The van der Waals surface area contributed by atoms with Crippen molar-refractivity contribution in [3.05, 3.63) is 0 Å². The molecule has 1 saturated carbocycles. The molecule has 1 N–H and O–H groups in total. The Morgan fingerprint density at radius 2 is 1.79 bits per heavy atom. The number of carbonyl (C=O) groups excluding carboxylic acids is 1. The van der Waals surface area contributed by atoms with Crippen molar-refractivity contribution in [1.82, 2.24) is 15.1 Å². The van der Waals surface area contributed by atoms with Crippen LogP contribution in [0.1, 0.15) is 39.5 Å². The Kier molecular flexibility index (Phi) is 5.64. The molecular weight excluding hydrogens is 238 g/mol. The Labute approximate surface area is 117 Å². The number of nitrogens with one attached hydrogen (secondary N) is 1. The van der Waals surface area contributed by atoms with Crippen molar-refractivity contribution in [2.75, 3.05) is 39.3 Å². The van der Waals surface area contributed by atoms with E-state index in [0.717, 1.165) is 32.1 Å². The van der Waals surface area contributed by atoms with E-state index in [0.29, 0.717) is 12.6 Å². The number of likely N-dealkylation sites (tertiary alicyclic amines) is 1. The second-order valence-electron chi connectivity index (χ2n) is 5.97. The van der Waals surface area contributed by atoms with Crippen LogP contribution in [0, 0.1) is 5.92 Å². The summed E-state index contributed by atoms with van der Waals surface area (Å²) in [7, 11) is 0. The molecule has 0 spiro atoms. The monoisotopic (exact) mass is 267 g/mol. The highest BCUT2D eigenvalue weighted by molar-refractivity contribution is 5.78. The largest absolute Gasteiger partial charge is 0.342 e. The molecular formula is C15H29N3O. The lowest BCUT2D eigenvalue weighted by atomic mass is 10.0. The van der Waals surface area contributed by atoms with Crippen LogP contribution in [-0.4, -0.2) is 61.0 Å². The Hall–Kier alpha value is -0.610. The van der Waals surface area contributed by atoms with E-state index in [2.05, 4.69) is 24.1 Å². The lowest BCUT2D eigenvalue weighted by Gasteiger charge is -2.33. The van der Waals surface area contributed by atoms with Gasteiger partial charge in [-0.25, -0.2) is 0 Å². The van der Waals surface area contributed by atoms with Gasteiger partial charge in [0.25, 0.3) is 0 Å². The normalized spacial score (nSPS) is 21.6.